The van der Waals surface area contributed by atoms with Gasteiger partial charge in [-0.25, -0.2) is 0 Å². The molecule has 0 aliphatic carbocycles. The van der Waals surface area contributed by atoms with Crippen LogP contribution in [0.1, 0.15) is 5.56 Å². The Labute approximate surface area is 108 Å². The molecule has 1 N–H and O–H groups in total. The summed E-state index contributed by atoms with van der Waals surface area (Å²) in [6.45, 7) is 0. The molecule has 0 aliphatic heterocycles. The maximum Gasteiger partial charge on any atom is 0.273 e. The molecule has 2 rings (SSSR count). The average Bonchev–Trinajstić information content (AvgIpc) is 2.37. The second-order valence-electron chi connectivity index (χ2n) is 3.67. The summed E-state index contributed by atoms with van der Waals surface area (Å²) in [5.74, 6) is 0.697. The zero-order chi connectivity index (χ0) is 13.0. The summed E-state index contributed by atoms with van der Waals surface area (Å²) < 4.78 is 0. The third-order valence-electron chi connectivity index (χ3n) is 2.40. The van der Waals surface area contributed by atoms with Crippen molar-refractivity contribution in [1.82, 2.24) is 0 Å². The van der Waals surface area contributed by atoms with Gasteiger partial charge >= 0.3 is 0 Å². The Morgan fingerprint density at radius 1 is 1.17 bits per heavy atom. The van der Waals surface area contributed by atoms with E-state index >= 15 is 0 Å². The Balaban J connectivity index is 2.13. The lowest BCUT2D eigenvalue weighted by atomic mass is 10.2. The fourth-order valence-corrected chi connectivity index (χ4v) is 2.49. The van der Waals surface area contributed by atoms with Gasteiger partial charge < -0.3 is 5.11 Å². The van der Waals surface area contributed by atoms with Gasteiger partial charge in [0.05, 0.1) is 4.92 Å². The van der Waals surface area contributed by atoms with Crippen LogP contribution in [0, 0.1) is 10.1 Å². The highest BCUT2D eigenvalue weighted by atomic mass is 32.2. The van der Waals surface area contributed by atoms with Crippen LogP contribution in [0.2, 0.25) is 0 Å². The number of phenolic OH excluding ortho intramolecular Hbond substituents is 1. The Bertz CT molecular complexity index is 572. The number of phenols is 1. The number of rotatable bonds is 4. The summed E-state index contributed by atoms with van der Waals surface area (Å²) in [7, 11) is 0. The van der Waals surface area contributed by atoms with Gasteiger partial charge in [0, 0.05) is 22.3 Å². The summed E-state index contributed by atoms with van der Waals surface area (Å²) in [6, 6.07) is 13.5. The van der Waals surface area contributed by atoms with E-state index in [1.807, 2.05) is 6.07 Å². The molecular formula is C13H11NO3S. The van der Waals surface area contributed by atoms with Gasteiger partial charge in [-0.15, -0.1) is 11.8 Å². The second kappa shape index (κ2) is 5.55. The molecule has 0 spiro atoms. The Morgan fingerprint density at radius 2 is 1.94 bits per heavy atom. The molecule has 0 saturated carbocycles. The molecule has 0 aromatic heterocycles. The minimum absolute atomic E-state index is 0.130. The predicted molar refractivity (Wildman–Crippen MR) is 70.8 cm³/mol. The van der Waals surface area contributed by atoms with Gasteiger partial charge in [0.25, 0.3) is 5.69 Å². The van der Waals surface area contributed by atoms with E-state index in [2.05, 4.69) is 0 Å². The molecule has 0 radical (unpaired) electrons. The van der Waals surface area contributed by atoms with E-state index in [4.69, 9.17) is 0 Å². The summed E-state index contributed by atoms with van der Waals surface area (Å²) in [5.41, 5.74) is 0.806. The summed E-state index contributed by atoms with van der Waals surface area (Å²) in [6.07, 6.45) is 0. The number of benzene rings is 2. The van der Waals surface area contributed by atoms with E-state index in [1.165, 1.54) is 17.8 Å². The smallest absolute Gasteiger partial charge is 0.273 e. The number of hydrogen-bond donors (Lipinski definition) is 1. The van der Waals surface area contributed by atoms with Crippen LogP contribution in [0.4, 0.5) is 5.69 Å². The minimum Gasteiger partial charge on any atom is -0.508 e. The number of aromatic hydroxyl groups is 1. The van der Waals surface area contributed by atoms with Crippen molar-refractivity contribution in [2.45, 2.75) is 10.6 Å². The summed E-state index contributed by atoms with van der Waals surface area (Å²) >= 11 is 1.45. The van der Waals surface area contributed by atoms with Crippen molar-refractivity contribution in [2.75, 3.05) is 0 Å². The van der Waals surface area contributed by atoms with Crippen molar-refractivity contribution in [2.24, 2.45) is 0 Å². The fourth-order valence-electron chi connectivity index (χ4n) is 1.55. The Morgan fingerprint density at radius 3 is 2.67 bits per heavy atom. The lowest BCUT2D eigenvalue weighted by Crippen LogP contribution is -1.93. The van der Waals surface area contributed by atoms with Gasteiger partial charge in [-0.3, -0.25) is 10.1 Å². The van der Waals surface area contributed by atoms with E-state index in [-0.39, 0.29) is 16.4 Å². The van der Waals surface area contributed by atoms with Crippen LogP contribution in [-0.4, -0.2) is 10.0 Å². The summed E-state index contributed by atoms with van der Waals surface area (Å²) in [4.78, 5) is 11.3. The van der Waals surface area contributed by atoms with Gasteiger partial charge in [-0.05, 0) is 18.2 Å². The van der Waals surface area contributed by atoms with Gasteiger partial charge in [0.15, 0.2) is 0 Å². The largest absolute Gasteiger partial charge is 0.508 e. The molecule has 4 nitrogen and oxygen atoms in total. The first-order valence-electron chi connectivity index (χ1n) is 5.31. The number of nitrogens with zero attached hydrogens (tertiary/aromatic N) is 1. The molecule has 92 valence electrons. The topological polar surface area (TPSA) is 63.4 Å². The van der Waals surface area contributed by atoms with Crippen LogP contribution < -0.4 is 0 Å². The lowest BCUT2D eigenvalue weighted by Gasteiger charge is -2.03. The zero-order valence-electron chi connectivity index (χ0n) is 9.45. The zero-order valence-corrected chi connectivity index (χ0v) is 10.3. The van der Waals surface area contributed by atoms with Crippen molar-refractivity contribution in [3.8, 4) is 5.75 Å². The van der Waals surface area contributed by atoms with Crippen LogP contribution in [0.25, 0.3) is 0 Å². The number of hydrogen-bond acceptors (Lipinski definition) is 4. The van der Waals surface area contributed by atoms with Crippen LogP contribution in [0.3, 0.4) is 0 Å². The molecule has 0 amide bonds. The van der Waals surface area contributed by atoms with E-state index in [0.29, 0.717) is 11.3 Å². The third-order valence-corrected chi connectivity index (χ3v) is 3.44. The van der Waals surface area contributed by atoms with Gasteiger partial charge in [-0.2, -0.15) is 0 Å². The van der Waals surface area contributed by atoms with Crippen molar-refractivity contribution < 1.29 is 10.0 Å². The highest BCUT2D eigenvalue weighted by Gasteiger charge is 2.12. The van der Waals surface area contributed by atoms with E-state index < -0.39 is 0 Å². The first-order valence-corrected chi connectivity index (χ1v) is 6.29. The molecule has 0 atom stereocenters. The van der Waals surface area contributed by atoms with E-state index in [9.17, 15) is 15.2 Å². The normalized spacial score (nSPS) is 10.2. The number of thioether (sulfide) groups is 1. The van der Waals surface area contributed by atoms with E-state index in [0.717, 1.165) is 4.90 Å². The maximum absolute atomic E-state index is 10.8. The molecular weight excluding hydrogens is 250 g/mol. The average molecular weight is 261 g/mol. The molecule has 0 saturated heterocycles. The van der Waals surface area contributed by atoms with Crippen LogP contribution >= 0.6 is 11.8 Å². The highest BCUT2D eigenvalue weighted by Crippen LogP contribution is 2.29. The maximum atomic E-state index is 10.8. The molecule has 2 aromatic rings. The molecule has 0 unspecified atom stereocenters. The molecule has 5 heteroatoms. The van der Waals surface area contributed by atoms with Crippen molar-refractivity contribution >= 4 is 17.4 Å². The monoisotopic (exact) mass is 261 g/mol. The van der Waals surface area contributed by atoms with Crippen molar-refractivity contribution in [3.05, 3.63) is 64.2 Å². The second-order valence-corrected chi connectivity index (χ2v) is 4.72. The number of para-hydroxylation sites is 1. The molecule has 0 bridgehead atoms. The fraction of sp³-hybridized carbons (Fsp3) is 0.0769. The quantitative estimate of drug-likeness (QED) is 0.519. The molecule has 0 heterocycles. The number of nitro groups is 1. The Hall–Kier alpha value is -2.01. The van der Waals surface area contributed by atoms with Crippen LogP contribution in [-0.2, 0) is 5.75 Å². The predicted octanol–water partition coefficient (Wildman–Crippen LogP) is 3.59. The third kappa shape index (κ3) is 3.01. The first-order chi connectivity index (χ1) is 8.66. The lowest BCUT2D eigenvalue weighted by molar-refractivity contribution is -0.385. The van der Waals surface area contributed by atoms with Gasteiger partial charge in [0.1, 0.15) is 5.75 Å². The van der Waals surface area contributed by atoms with E-state index in [1.54, 1.807) is 36.4 Å². The molecule has 0 aliphatic rings. The Kier molecular flexibility index (Phi) is 3.84. The molecule has 2 aromatic carbocycles. The van der Waals surface area contributed by atoms with Crippen LogP contribution in [0.15, 0.2) is 53.4 Å². The van der Waals surface area contributed by atoms with Gasteiger partial charge in [0.2, 0.25) is 0 Å². The van der Waals surface area contributed by atoms with Gasteiger partial charge in [-0.1, -0.05) is 24.3 Å². The minimum atomic E-state index is -0.377. The number of nitro benzene ring substituents is 1. The van der Waals surface area contributed by atoms with Crippen LogP contribution in [0.5, 0.6) is 5.75 Å². The standard InChI is InChI=1S/C13H11NO3S/c15-11-5-3-6-12(8-11)18-9-10-4-1-2-7-13(10)14(16)17/h1-8,15H,9H2. The summed E-state index contributed by atoms with van der Waals surface area (Å²) in [5, 5.41) is 20.2. The highest BCUT2D eigenvalue weighted by molar-refractivity contribution is 7.98. The van der Waals surface area contributed by atoms with Crippen molar-refractivity contribution in [1.29, 1.82) is 0 Å². The van der Waals surface area contributed by atoms with Crippen molar-refractivity contribution in [3.63, 3.8) is 0 Å². The first kappa shape index (κ1) is 12.4. The molecule has 18 heavy (non-hydrogen) atoms. The SMILES string of the molecule is O=[N+]([O-])c1ccccc1CSc1cccc(O)c1. The molecule has 0 fully saturated rings.